The fourth-order valence-corrected chi connectivity index (χ4v) is 3.58. The topological polar surface area (TPSA) is 89.0 Å². The smallest absolute Gasteiger partial charge is 0.274 e. The molecule has 4 rings (SSSR count). The van der Waals surface area contributed by atoms with E-state index in [2.05, 4.69) is 15.4 Å². The van der Waals surface area contributed by atoms with Crippen LogP contribution < -0.4 is 15.6 Å². The first-order valence-electron chi connectivity index (χ1n) is 9.15. The van der Waals surface area contributed by atoms with Crippen molar-refractivity contribution in [2.75, 3.05) is 5.32 Å². The third-order valence-electron chi connectivity index (χ3n) is 4.90. The Labute approximate surface area is 156 Å². The molecule has 2 heterocycles. The van der Waals surface area contributed by atoms with Crippen LogP contribution in [-0.2, 0) is 7.05 Å². The fourth-order valence-electron chi connectivity index (χ4n) is 3.58. The van der Waals surface area contributed by atoms with Crippen molar-refractivity contribution in [3.8, 4) is 5.75 Å². The molecule has 1 aromatic carbocycles. The number of amides is 1. The monoisotopic (exact) mass is 366 g/mol. The number of nitrogens with zero attached hydrogens (tertiary/aromatic N) is 2. The molecule has 0 spiro atoms. The summed E-state index contributed by atoms with van der Waals surface area (Å²) in [5.41, 5.74) is 1.76. The minimum absolute atomic E-state index is 0.293. The van der Waals surface area contributed by atoms with Crippen LogP contribution in [0.2, 0.25) is 0 Å². The van der Waals surface area contributed by atoms with Crippen LogP contribution in [0.3, 0.4) is 0 Å². The highest BCUT2D eigenvalue weighted by atomic mass is 16.5. The molecule has 3 aromatic rings. The lowest BCUT2D eigenvalue weighted by molar-refractivity contribution is 0.102. The van der Waals surface area contributed by atoms with Gasteiger partial charge in [0.2, 0.25) is 0 Å². The van der Waals surface area contributed by atoms with Crippen LogP contribution in [-0.4, -0.2) is 26.8 Å². The summed E-state index contributed by atoms with van der Waals surface area (Å²) in [6.07, 6.45) is 4.93. The molecule has 0 radical (unpaired) electrons. The summed E-state index contributed by atoms with van der Waals surface area (Å²) in [5.74, 6) is 0.466. The maximum absolute atomic E-state index is 12.8. The summed E-state index contributed by atoms with van der Waals surface area (Å²) in [4.78, 5) is 29.3. The van der Waals surface area contributed by atoms with Gasteiger partial charge in [0.25, 0.3) is 11.5 Å². The van der Waals surface area contributed by atoms with Crippen LogP contribution in [0, 0.1) is 6.92 Å². The summed E-state index contributed by atoms with van der Waals surface area (Å²) >= 11 is 0. The normalized spacial score (nSPS) is 14.6. The van der Waals surface area contributed by atoms with Gasteiger partial charge in [-0.3, -0.25) is 19.4 Å². The first-order chi connectivity index (χ1) is 13.0. The Hall–Kier alpha value is -3.09. The standard InChI is InChI=1S/C20H22N4O3/c1-12-11-16(17-18(21-12)24(2)23-20(17)26)19(25)22-13-7-9-15(10-8-13)27-14-5-3-4-6-14/h7-11,14H,3-6H2,1-2H3,(H,22,25)(H,23,26). The second-order valence-electron chi connectivity index (χ2n) is 7.01. The number of aromatic amines is 1. The van der Waals surface area contributed by atoms with Gasteiger partial charge >= 0.3 is 0 Å². The Morgan fingerprint density at radius 2 is 1.96 bits per heavy atom. The van der Waals surface area contributed by atoms with E-state index in [-0.39, 0.29) is 11.5 Å². The molecule has 1 aliphatic carbocycles. The predicted octanol–water partition coefficient (Wildman–Crippen LogP) is 3.14. The number of ether oxygens (including phenoxy) is 1. The quantitative estimate of drug-likeness (QED) is 0.742. The van der Waals surface area contributed by atoms with Gasteiger partial charge in [0.15, 0.2) is 5.65 Å². The third-order valence-corrected chi connectivity index (χ3v) is 4.90. The number of H-pyrrole nitrogens is 1. The van der Waals surface area contributed by atoms with E-state index in [4.69, 9.17) is 4.74 Å². The molecule has 7 nitrogen and oxygen atoms in total. The molecule has 1 fully saturated rings. The van der Waals surface area contributed by atoms with E-state index in [0.717, 1.165) is 18.6 Å². The number of carbonyl (C=O) groups is 1. The van der Waals surface area contributed by atoms with Crippen LogP contribution >= 0.6 is 0 Å². The van der Waals surface area contributed by atoms with Gasteiger partial charge in [0.05, 0.1) is 17.1 Å². The van der Waals surface area contributed by atoms with Crippen molar-refractivity contribution in [1.82, 2.24) is 14.8 Å². The third kappa shape index (κ3) is 3.45. The number of carbonyl (C=O) groups excluding carboxylic acids is 1. The molecule has 1 saturated carbocycles. The lowest BCUT2D eigenvalue weighted by Crippen LogP contribution is -2.15. The number of rotatable bonds is 4. The number of nitrogens with one attached hydrogen (secondary N) is 2. The van der Waals surface area contributed by atoms with Crippen LogP contribution in [0.1, 0.15) is 41.7 Å². The van der Waals surface area contributed by atoms with Gasteiger partial charge in [-0.25, -0.2) is 4.98 Å². The first-order valence-corrected chi connectivity index (χ1v) is 9.15. The van der Waals surface area contributed by atoms with Crippen molar-refractivity contribution < 1.29 is 9.53 Å². The highest BCUT2D eigenvalue weighted by molar-refractivity contribution is 6.11. The largest absolute Gasteiger partial charge is 0.490 e. The molecule has 0 unspecified atom stereocenters. The zero-order valence-electron chi connectivity index (χ0n) is 15.4. The van der Waals surface area contributed by atoms with E-state index >= 15 is 0 Å². The average molecular weight is 366 g/mol. The number of aromatic nitrogens is 3. The molecule has 0 bridgehead atoms. The van der Waals surface area contributed by atoms with Crippen molar-refractivity contribution in [2.24, 2.45) is 7.05 Å². The molecular weight excluding hydrogens is 344 g/mol. The van der Waals surface area contributed by atoms with Gasteiger partial charge in [-0.15, -0.1) is 0 Å². The Bertz CT molecular complexity index is 1040. The number of fused-ring (bicyclic) bond motifs is 1. The Morgan fingerprint density at radius 3 is 2.67 bits per heavy atom. The fraction of sp³-hybridized carbons (Fsp3) is 0.350. The molecular formula is C20H22N4O3. The van der Waals surface area contributed by atoms with Gasteiger partial charge < -0.3 is 10.1 Å². The van der Waals surface area contributed by atoms with Crippen LogP contribution in [0.25, 0.3) is 11.0 Å². The van der Waals surface area contributed by atoms with Crippen molar-refractivity contribution >= 4 is 22.6 Å². The molecule has 7 heteroatoms. The zero-order chi connectivity index (χ0) is 19.0. The number of aryl methyl sites for hydroxylation is 2. The average Bonchev–Trinajstić information content (AvgIpc) is 3.24. The molecule has 140 valence electrons. The number of hydrogen-bond donors (Lipinski definition) is 2. The highest BCUT2D eigenvalue weighted by Crippen LogP contribution is 2.25. The van der Waals surface area contributed by atoms with Crippen molar-refractivity contribution in [2.45, 2.75) is 38.7 Å². The number of benzene rings is 1. The van der Waals surface area contributed by atoms with Gasteiger partial charge in [0.1, 0.15) is 5.75 Å². The SMILES string of the molecule is Cc1cc(C(=O)Nc2ccc(OC3CCCC3)cc2)c2c(=O)[nH]n(C)c2n1. The van der Waals surface area contributed by atoms with Gasteiger partial charge in [0, 0.05) is 18.4 Å². The van der Waals surface area contributed by atoms with Crippen LogP contribution in [0.15, 0.2) is 35.1 Å². The number of pyridine rings is 1. The van der Waals surface area contributed by atoms with E-state index in [1.807, 2.05) is 24.3 Å². The second kappa shape index (κ2) is 6.90. The summed E-state index contributed by atoms with van der Waals surface area (Å²) in [7, 11) is 1.70. The zero-order valence-corrected chi connectivity index (χ0v) is 15.4. The summed E-state index contributed by atoms with van der Waals surface area (Å²) in [6.45, 7) is 1.79. The molecule has 1 amide bonds. The van der Waals surface area contributed by atoms with E-state index in [1.165, 1.54) is 17.5 Å². The molecule has 0 saturated heterocycles. The van der Waals surface area contributed by atoms with E-state index in [0.29, 0.717) is 34.1 Å². The van der Waals surface area contributed by atoms with Gasteiger partial charge in [-0.05, 0) is 62.9 Å². The Kier molecular flexibility index (Phi) is 4.43. The minimum Gasteiger partial charge on any atom is -0.490 e. The number of hydrogen-bond acceptors (Lipinski definition) is 4. The summed E-state index contributed by atoms with van der Waals surface area (Å²) in [6, 6.07) is 8.96. The lowest BCUT2D eigenvalue weighted by Gasteiger charge is -2.13. The first kappa shape index (κ1) is 17.3. The summed E-state index contributed by atoms with van der Waals surface area (Å²) < 4.78 is 7.47. The molecule has 0 aliphatic heterocycles. The number of anilines is 1. The van der Waals surface area contributed by atoms with Crippen molar-refractivity contribution in [1.29, 1.82) is 0 Å². The molecule has 27 heavy (non-hydrogen) atoms. The van der Waals surface area contributed by atoms with E-state index in [9.17, 15) is 9.59 Å². The molecule has 2 aromatic heterocycles. The second-order valence-corrected chi connectivity index (χ2v) is 7.01. The van der Waals surface area contributed by atoms with Crippen LogP contribution in [0.5, 0.6) is 5.75 Å². The minimum atomic E-state index is -0.341. The molecule has 2 N–H and O–H groups in total. The van der Waals surface area contributed by atoms with Gasteiger partial charge in [-0.2, -0.15) is 0 Å². The maximum atomic E-state index is 12.8. The molecule has 0 atom stereocenters. The highest BCUT2D eigenvalue weighted by Gasteiger charge is 2.19. The molecule has 1 aliphatic rings. The Balaban J connectivity index is 1.55. The Morgan fingerprint density at radius 1 is 1.26 bits per heavy atom. The predicted molar refractivity (Wildman–Crippen MR) is 103 cm³/mol. The summed E-state index contributed by atoms with van der Waals surface area (Å²) in [5, 5.41) is 5.79. The lowest BCUT2D eigenvalue weighted by atomic mass is 10.1. The van der Waals surface area contributed by atoms with Crippen LogP contribution in [0.4, 0.5) is 5.69 Å². The van der Waals surface area contributed by atoms with E-state index in [1.54, 1.807) is 20.0 Å². The van der Waals surface area contributed by atoms with Crippen molar-refractivity contribution in [3.05, 3.63) is 51.9 Å². The maximum Gasteiger partial charge on any atom is 0.274 e. The van der Waals surface area contributed by atoms with E-state index < -0.39 is 0 Å². The van der Waals surface area contributed by atoms with Gasteiger partial charge in [-0.1, -0.05) is 0 Å². The van der Waals surface area contributed by atoms with Crippen molar-refractivity contribution in [3.63, 3.8) is 0 Å².